The van der Waals surface area contributed by atoms with Crippen LogP contribution in [0.25, 0.3) is 0 Å². The fourth-order valence-electron chi connectivity index (χ4n) is 4.33. The molecule has 0 saturated carbocycles. The van der Waals surface area contributed by atoms with Crippen molar-refractivity contribution in [3.8, 4) is 0 Å². The molecule has 0 bridgehead atoms. The van der Waals surface area contributed by atoms with Crippen LogP contribution in [-0.4, -0.2) is 38.8 Å². The van der Waals surface area contributed by atoms with Gasteiger partial charge in [0.2, 0.25) is 5.91 Å². The van der Waals surface area contributed by atoms with Crippen LogP contribution >= 0.6 is 0 Å². The van der Waals surface area contributed by atoms with E-state index in [2.05, 4.69) is 14.9 Å². The molecule has 1 saturated heterocycles. The number of nitrogens with zero attached hydrogens (tertiary/aromatic N) is 4. The molecule has 1 fully saturated rings. The van der Waals surface area contributed by atoms with Crippen molar-refractivity contribution in [2.24, 2.45) is 0 Å². The van der Waals surface area contributed by atoms with E-state index in [-0.39, 0.29) is 11.3 Å². The van der Waals surface area contributed by atoms with Gasteiger partial charge in [0, 0.05) is 43.5 Å². The summed E-state index contributed by atoms with van der Waals surface area (Å²) in [7, 11) is 0. The zero-order valence-electron chi connectivity index (χ0n) is 14.7. The number of piperidine rings is 1. The largest absolute Gasteiger partial charge is 0.342 e. The number of aromatic nitrogens is 3. The van der Waals surface area contributed by atoms with Crippen molar-refractivity contribution in [2.75, 3.05) is 13.1 Å². The summed E-state index contributed by atoms with van der Waals surface area (Å²) in [6.07, 6.45) is 11.2. The molecule has 1 spiro atoms. The molecule has 2 aromatic heterocycles. The SMILES string of the molecule is Cc1ncc2c(n1)C1(CCCN(C(=O)CCc3cccnc3)C1)CC2. The third-order valence-corrected chi connectivity index (χ3v) is 5.64. The number of aryl methyl sites for hydroxylation is 3. The Balaban J connectivity index is 1.47. The molecule has 0 radical (unpaired) electrons. The smallest absolute Gasteiger partial charge is 0.222 e. The molecule has 0 N–H and O–H groups in total. The third-order valence-electron chi connectivity index (χ3n) is 5.64. The minimum atomic E-state index is 0.0469. The van der Waals surface area contributed by atoms with Gasteiger partial charge in [-0.3, -0.25) is 9.78 Å². The number of fused-ring (bicyclic) bond motifs is 2. The van der Waals surface area contributed by atoms with Crippen molar-refractivity contribution >= 4 is 5.91 Å². The van der Waals surface area contributed by atoms with Crippen LogP contribution in [0.1, 0.15) is 48.3 Å². The highest BCUT2D eigenvalue weighted by Gasteiger charge is 2.44. The Morgan fingerprint density at radius 1 is 1.32 bits per heavy atom. The molecule has 2 aliphatic rings. The fraction of sp³-hybridized carbons (Fsp3) is 0.500. The predicted octanol–water partition coefficient (Wildman–Crippen LogP) is 2.62. The van der Waals surface area contributed by atoms with Crippen LogP contribution < -0.4 is 0 Å². The summed E-state index contributed by atoms with van der Waals surface area (Å²) in [4.78, 5) is 28.1. The van der Waals surface area contributed by atoms with Crippen LogP contribution in [0.5, 0.6) is 0 Å². The molecule has 2 aromatic rings. The minimum Gasteiger partial charge on any atom is -0.342 e. The average molecular weight is 336 g/mol. The summed E-state index contributed by atoms with van der Waals surface area (Å²) in [6, 6.07) is 3.96. The van der Waals surface area contributed by atoms with Crippen LogP contribution in [0.3, 0.4) is 0 Å². The van der Waals surface area contributed by atoms with Crippen LogP contribution in [0.15, 0.2) is 30.7 Å². The van der Waals surface area contributed by atoms with Gasteiger partial charge in [0.1, 0.15) is 5.82 Å². The van der Waals surface area contributed by atoms with E-state index in [4.69, 9.17) is 4.98 Å². The lowest BCUT2D eigenvalue weighted by atomic mass is 9.77. The van der Waals surface area contributed by atoms with Crippen molar-refractivity contribution in [3.63, 3.8) is 0 Å². The molecule has 1 amide bonds. The molecule has 1 unspecified atom stereocenters. The maximum Gasteiger partial charge on any atom is 0.222 e. The second-order valence-corrected chi connectivity index (χ2v) is 7.35. The van der Waals surface area contributed by atoms with Gasteiger partial charge in [-0.1, -0.05) is 6.07 Å². The van der Waals surface area contributed by atoms with E-state index in [0.29, 0.717) is 6.42 Å². The van der Waals surface area contributed by atoms with Crippen LogP contribution in [0.4, 0.5) is 0 Å². The molecular weight excluding hydrogens is 312 g/mol. The highest BCUT2D eigenvalue weighted by molar-refractivity contribution is 5.76. The van der Waals surface area contributed by atoms with E-state index >= 15 is 0 Å². The molecule has 25 heavy (non-hydrogen) atoms. The van der Waals surface area contributed by atoms with E-state index in [9.17, 15) is 4.79 Å². The molecule has 3 heterocycles. The van der Waals surface area contributed by atoms with Gasteiger partial charge in [-0.2, -0.15) is 0 Å². The van der Waals surface area contributed by atoms with E-state index in [0.717, 1.165) is 56.6 Å². The summed E-state index contributed by atoms with van der Waals surface area (Å²) in [5, 5.41) is 0. The third kappa shape index (κ3) is 3.15. The van der Waals surface area contributed by atoms with Gasteiger partial charge in [-0.15, -0.1) is 0 Å². The lowest BCUT2D eigenvalue weighted by molar-refractivity contribution is -0.133. The number of carbonyl (C=O) groups is 1. The Morgan fingerprint density at radius 2 is 2.24 bits per heavy atom. The van der Waals surface area contributed by atoms with E-state index in [1.165, 1.54) is 11.3 Å². The number of rotatable bonds is 3. The minimum absolute atomic E-state index is 0.0469. The standard InChI is InChI=1S/C20H24N4O/c1-15-22-13-17-7-9-20(19(17)23-15)8-3-11-24(14-20)18(25)6-5-16-4-2-10-21-12-16/h2,4,10,12-13H,3,5-9,11,14H2,1H3. The molecule has 1 aliphatic carbocycles. The first-order valence-electron chi connectivity index (χ1n) is 9.16. The van der Waals surface area contributed by atoms with Crippen LogP contribution in [-0.2, 0) is 23.1 Å². The highest BCUT2D eigenvalue weighted by atomic mass is 16.2. The maximum absolute atomic E-state index is 12.8. The Hall–Kier alpha value is -2.30. The molecule has 1 aliphatic heterocycles. The second-order valence-electron chi connectivity index (χ2n) is 7.35. The van der Waals surface area contributed by atoms with Gasteiger partial charge in [0.25, 0.3) is 0 Å². The van der Waals surface area contributed by atoms with Crippen LogP contribution in [0.2, 0.25) is 0 Å². The summed E-state index contributed by atoms with van der Waals surface area (Å²) >= 11 is 0. The highest BCUT2D eigenvalue weighted by Crippen LogP contribution is 2.43. The van der Waals surface area contributed by atoms with Gasteiger partial charge >= 0.3 is 0 Å². The van der Waals surface area contributed by atoms with Crippen molar-refractivity contribution < 1.29 is 4.79 Å². The zero-order chi connectivity index (χ0) is 17.3. The number of amides is 1. The summed E-state index contributed by atoms with van der Waals surface area (Å²) in [5.41, 5.74) is 3.64. The Labute approximate surface area is 148 Å². The summed E-state index contributed by atoms with van der Waals surface area (Å²) < 4.78 is 0. The van der Waals surface area contributed by atoms with Crippen molar-refractivity contribution in [2.45, 2.75) is 50.9 Å². The Morgan fingerprint density at radius 3 is 3.08 bits per heavy atom. The van der Waals surface area contributed by atoms with E-state index in [1.54, 1.807) is 6.20 Å². The number of pyridine rings is 1. The lowest BCUT2D eigenvalue weighted by Gasteiger charge is -2.40. The Kier molecular flexibility index (Phi) is 4.24. The van der Waals surface area contributed by atoms with E-state index in [1.807, 2.05) is 31.5 Å². The van der Waals surface area contributed by atoms with Gasteiger partial charge in [0.15, 0.2) is 0 Å². The normalized spacial score (nSPS) is 22.2. The number of hydrogen-bond acceptors (Lipinski definition) is 4. The molecule has 0 aromatic carbocycles. The predicted molar refractivity (Wildman–Crippen MR) is 95.1 cm³/mol. The second kappa shape index (κ2) is 6.54. The average Bonchev–Trinajstić information content (AvgIpc) is 2.98. The van der Waals surface area contributed by atoms with Gasteiger partial charge in [-0.25, -0.2) is 9.97 Å². The molecule has 1 atom stereocenters. The maximum atomic E-state index is 12.8. The lowest BCUT2D eigenvalue weighted by Crippen LogP contribution is -2.48. The molecule has 5 heteroatoms. The van der Waals surface area contributed by atoms with Gasteiger partial charge in [-0.05, 0) is 56.2 Å². The number of carbonyl (C=O) groups excluding carboxylic acids is 1. The van der Waals surface area contributed by atoms with Crippen molar-refractivity contribution in [1.29, 1.82) is 0 Å². The molecule has 5 nitrogen and oxygen atoms in total. The first-order chi connectivity index (χ1) is 12.2. The summed E-state index contributed by atoms with van der Waals surface area (Å²) in [6.45, 7) is 3.63. The van der Waals surface area contributed by atoms with Gasteiger partial charge in [0.05, 0.1) is 5.69 Å². The van der Waals surface area contributed by atoms with Gasteiger partial charge < -0.3 is 4.90 Å². The molecule has 4 rings (SSSR count). The quantitative estimate of drug-likeness (QED) is 0.864. The monoisotopic (exact) mass is 336 g/mol. The molecular formula is C20H24N4O. The fourth-order valence-corrected chi connectivity index (χ4v) is 4.33. The number of likely N-dealkylation sites (tertiary alicyclic amines) is 1. The first kappa shape index (κ1) is 16.2. The van der Waals surface area contributed by atoms with E-state index < -0.39 is 0 Å². The van der Waals surface area contributed by atoms with Crippen LogP contribution in [0, 0.1) is 6.92 Å². The summed E-state index contributed by atoms with van der Waals surface area (Å²) in [5.74, 6) is 1.09. The zero-order valence-corrected chi connectivity index (χ0v) is 14.7. The Bertz CT molecular complexity index is 773. The topological polar surface area (TPSA) is 59.0 Å². The van der Waals surface area contributed by atoms with Crippen molar-refractivity contribution in [1.82, 2.24) is 19.9 Å². The number of hydrogen-bond donors (Lipinski definition) is 0. The first-order valence-corrected chi connectivity index (χ1v) is 9.16. The molecule has 130 valence electrons. The van der Waals surface area contributed by atoms with Crippen molar-refractivity contribution in [3.05, 3.63) is 53.4 Å².